The Morgan fingerprint density at radius 1 is 1.20 bits per heavy atom. The third kappa shape index (κ3) is 6.33. The molecule has 0 saturated carbocycles. The molecule has 0 spiro atoms. The van der Waals surface area contributed by atoms with Gasteiger partial charge in [0.1, 0.15) is 5.82 Å². The minimum absolute atomic E-state index is 0.000581. The molecule has 2 N–H and O–H groups in total. The van der Waals surface area contributed by atoms with Crippen LogP contribution in [0.5, 0.6) is 0 Å². The van der Waals surface area contributed by atoms with E-state index >= 15 is 0 Å². The van der Waals surface area contributed by atoms with Crippen LogP contribution >= 0.6 is 0 Å². The van der Waals surface area contributed by atoms with Gasteiger partial charge in [0.15, 0.2) is 0 Å². The number of carbonyl (C=O) groups is 1. The summed E-state index contributed by atoms with van der Waals surface area (Å²) in [5.74, 6) is 0.999. The summed E-state index contributed by atoms with van der Waals surface area (Å²) in [6, 6.07) is 12.9. The Hall–Kier alpha value is -2.64. The average molecular weight is 479 g/mol. The standard InChI is InChI=1S/C28H38N4O3/c33-27(34)18-24(23-3-1-5-26(17-23)32-13-15-35-16-14-32)20-31-12-10-21(19-31)6-8-25-9-7-22-4-2-11-29-28(22)30-25/h1,3,5,7,9,17,21,24H,2,4,6,8,10-16,18-20H2,(H,29,30)(H,33,34)/t21?,24-/m1/s1. The second kappa shape index (κ2) is 11.4. The summed E-state index contributed by atoms with van der Waals surface area (Å²) in [5, 5.41) is 13.1. The molecule has 7 heteroatoms. The molecule has 2 atom stereocenters. The van der Waals surface area contributed by atoms with Crippen LogP contribution in [0, 0.1) is 5.92 Å². The van der Waals surface area contributed by atoms with Gasteiger partial charge in [0, 0.05) is 50.0 Å². The van der Waals surface area contributed by atoms with E-state index in [1.165, 1.54) is 29.8 Å². The molecule has 7 nitrogen and oxygen atoms in total. The third-order valence-electron chi connectivity index (χ3n) is 7.75. The number of aromatic nitrogens is 1. The zero-order chi connectivity index (χ0) is 24.0. The quantitative estimate of drug-likeness (QED) is 0.568. The maximum Gasteiger partial charge on any atom is 0.304 e. The normalized spacial score (nSPS) is 21.4. The molecule has 4 heterocycles. The summed E-state index contributed by atoms with van der Waals surface area (Å²) in [6.07, 6.45) is 5.80. The second-order valence-corrected chi connectivity index (χ2v) is 10.3. The molecule has 0 radical (unpaired) electrons. The van der Waals surface area contributed by atoms with E-state index < -0.39 is 5.97 Å². The van der Waals surface area contributed by atoms with Crippen molar-refractivity contribution in [1.82, 2.24) is 9.88 Å². The van der Waals surface area contributed by atoms with Crippen molar-refractivity contribution < 1.29 is 14.6 Å². The van der Waals surface area contributed by atoms with Gasteiger partial charge in [-0.1, -0.05) is 18.2 Å². The van der Waals surface area contributed by atoms with E-state index in [0.717, 1.165) is 83.1 Å². The molecule has 188 valence electrons. The largest absolute Gasteiger partial charge is 0.481 e. The first-order valence-corrected chi connectivity index (χ1v) is 13.2. The second-order valence-electron chi connectivity index (χ2n) is 10.3. The number of anilines is 2. The van der Waals surface area contributed by atoms with Crippen LogP contribution in [0.3, 0.4) is 0 Å². The fourth-order valence-corrected chi connectivity index (χ4v) is 5.78. The summed E-state index contributed by atoms with van der Waals surface area (Å²) in [4.78, 5) is 21.4. The molecule has 1 aromatic heterocycles. The molecule has 1 unspecified atom stereocenters. The van der Waals surface area contributed by atoms with Crippen molar-refractivity contribution in [3.05, 3.63) is 53.2 Å². The lowest BCUT2D eigenvalue weighted by molar-refractivity contribution is -0.137. The van der Waals surface area contributed by atoms with Crippen LogP contribution in [0.4, 0.5) is 11.5 Å². The summed E-state index contributed by atoms with van der Waals surface area (Å²) >= 11 is 0. The average Bonchev–Trinajstić information content (AvgIpc) is 3.34. The summed E-state index contributed by atoms with van der Waals surface area (Å²) in [5.41, 5.74) is 4.83. The number of hydrogen-bond acceptors (Lipinski definition) is 6. The van der Waals surface area contributed by atoms with E-state index in [0.29, 0.717) is 5.92 Å². The molecule has 5 rings (SSSR count). The van der Waals surface area contributed by atoms with Crippen LogP contribution in [0.1, 0.15) is 48.4 Å². The molecule has 3 aliphatic rings. The number of hydrogen-bond donors (Lipinski definition) is 2. The van der Waals surface area contributed by atoms with Gasteiger partial charge in [-0.15, -0.1) is 0 Å². The van der Waals surface area contributed by atoms with E-state index in [1.807, 2.05) is 0 Å². The first-order valence-electron chi connectivity index (χ1n) is 13.2. The maximum absolute atomic E-state index is 11.7. The Morgan fingerprint density at radius 2 is 2.09 bits per heavy atom. The van der Waals surface area contributed by atoms with Crippen molar-refractivity contribution in [2.45, 2.75) is 44.4 Å². The molecule has 0 bridgehead atoms. The number of morpholine rings is 1. The molecule has 1 aromatic carbocycles. The van der Waals surface area contributed by atoms with Crippen molar-refractivity contribution in [3.63, 3.8) is 0 Å². The highest BCUT2D eigenvalue weighted by Crippen LogP contribution is 2.30. The van der Waals surface area contributed by atoms with Gasteiger partial charge in [0.05, 0.1) is 19.6 Å². The van der Waals surface area contributed by atoms with Crippen LogP contribution < -0.4 is 10.2 Å². The van der Waals surface area contributed by atoms with Gasteiger partial charge in [0.25, 0.3) is 0 Å². The number of fused-ring (bicyclic) bond motifs is 1. The number of carboxylic acid groups (broad SMARTS) is 1. The minimum Gasteiger partial charge on any atom is -0.481 e. The van der Waals surface area contributed by atoms with Gasteiger partial charge in [0.2, 0.25) is 0 Å². The van der Waals surface area contributed by atoms with Gasteiger partial charge in [-0.25, -0.2) is 4.98 Å². The number of ether oxygens (including phenoxy) is 1. The van der Waals surface area contributed by atoms with E-state index in [-0.39, 0.29) is 12.3 Å². The number of pyridine rings is 1. The maximum atomic E-state index is 11.7. The van der Waals surface area contributed by atoms with Gasteiger partial charge >= 0.3 is 5.97 Å². The minimum atomic E-state index is -0.727. The highest BCUT2D eigenvalue weighted by Gasteiger charge is 2.27. The topological polar surface area (TPSA) is 77.9 Å². The van der Waals surface area contributed by atoms with Crippen molar-refractivity contribution in [3.8, 4) is 0 Å². The smallest absolute Gasteiger partial charge is 0.304 e. The molecular formula is C28H38N4O3. The third-order valence-corrected chi connectivity index (χ3v) is 7.75. The molecule has 2 aromatic rings. The molecular weight excluding hydrogens is 440 g/mol. The van der Waals surface area contributed by atoms with Crippen LogP contribution in [0.2, 0.25) is 0 Å². The van der Waals surface area contributed by atoms with Crippen molar-refractivity contribution >= 4 is 17.5 Å². The molecule has 2 fully saturated rings. The van der Waals surface area contributed by atoms with E-state index in [1.54, 1.807) is 0 Å². The number of nitrogens with one attached hydrogen (secondary N) is 1. The fourth-order valence-electron chi connectivity index (χ4n) is 5.78. The number of benzene rings is 1. The zero-order valence-corrected chi connectivity index (χ0v) is 20.6. The summed E-state index contributed by atoms with van der Waals surface area (Å²) in [6.45, 7) is 7.17. The number of aryl methyl sites for hydroxylation is 2. The van der Waals surface area contributed by atoms with Crippen LogP contribution in [0.15, 0.2) is 36.4 Å². The van der Waals surface area contributed by atoms with Gasteiger partial charge in [-0.2, -0.15) is 0 Å². The van der Waals surface area contributed by atoms with Gasteiger partial charge in [-0.3, -0.25) is 4.79 Å². The Balaban J connectivity index is 1.17. The lowest BCUT2D eigenvalue weighted by Gasteiger charge is -2.30. The molecule has 2 saturated heterocycles. The van der Waals surface area contributed by atoms with E-state index in [2.05, 4.69) is 51.5 Å². The van der Waals surface area contributed by atoms with E-state index in [9.17, 15) is 9.90 Å². The number of nitrogens with zero attached hydrogens (tertiary/aromatic N) is 3. The Bertz CT molecular complexity index is 1010. The first kappa shape index (κ1) is 24.1. The Labute approximate surface area is 208 Å². The van der Waals surface area contributed by atoms with Crippen LogP contribution in [-0.2, 0) is 22.4 Å². The Kier molecular flexibility index (Phi) is 7.84. The highest BCUT2D eigenvalue weighted by molar-refractivity contribution is 5.68. The monoisotopic (exact) mass is 478 g/mol. The zero-order valence-electron chi connectivity index (χ0n) is 20.6. The highest BCUT2D eigenvalue weighted by atomic mass is 16.5. The first-order chi connectivity index (χ1) is 17.1. The summed E-state index contributed by atoms with van der Waals surface area (Å²) in [7, 11) is 0. The van der Waals surface area contributed by atoms with Crippen molar-refractivity contribution in [2.75, 3.05) is 62.7 Å². The SMILES string of the molecule is O=C(O)C[C@H](CN1CCC(CCc2ccc3c(n2)NCCC3)C1)c1cccc(N2CCOCC2)c1. The van der Waals surface area contributed by atoms with Crippen LogP contribution in [0.25, 0.3) is 0 Å². The van der Waals surface area contributed by atoms with Crippen molar-refractivity contribution in [1.29, 1.82) is 0 Å². The number of likely N-dealkylation sites (tertiary alicyclic amines) is 1. The predicted octanol–water partition coefficient (Wildman–Crippen LogP) is 3.79. The lowest BCUT2D eigenvalue weighted by Crippen LogP contribution is -2.36. The van der Waals surface area contributed by atoms with E-state index in [4.69, 9.17) is 9.72 Å². The Morgan fingerprint density at radius 3 is 2.94 bits per heavy atom. The number of aliphatic carboxylic acids is 1. The fraction of sp³-hybridized carbons (Fsp3) is 0.571. The lowest BCUT2D eigenvalue weighted by atomic mass is 9.94. The van der Waals surface area contributed by atoms with Gasteiger partial charge < -0.3 is 25.0 Å². The van der Waals surface area contributed by atoms with Gasteiger partial charge in [-0.05, 0) is 73.9 Å². The summed E-state index contributed by atoms with van der Waals surface area (Å²) < 4.78 is 5.49. The predicted molar refractivity (Wildman–Crippen MR) is 138 cm³/mol. The molecule has 0 amide bonds. The van der Waals surface area contributed by atoms with Crippen molar-refractivity contribution in [2.24, 2.45) is 5.92 Å². The van der Waals surface area contributed by atoms with Crippen LogP contribution in [-0.4, -0.2) is 73.4 Å². The number of rotatable bonds is 9. The molecule has 0 aliphatic carbocycles. The molecule has 35 heavy (non-hydrogen) atoms. The molecule has 3 aliphatic heterocycles. The number of carboxylic acids is 1.